The third kappa shape index (κ3) is 3.70. The van der Waals surface area contributed by atoms with Gasteiger partial charge in [-0.1, -0.05) is 36.4 Å². The monoisotopic (exact) mass is 364 g/mol. The second-order valence-corrected chi connectivity index (χ2v) is 5.89. The van der Waals surface area contributed by atoms with Gasteiger partial charge in [-0.15, -0.1) is 6.58 Å². The van der Waals surface area contributed by atoms with Gasteiger partial charge < -0.3 is 4.42 Å². The zero-order valence-electron chi connectivity index (χ0n) is 13.8. The molecular weight excluding hydrogens is 348 g/mol. The molecule has 1 aromatic heterocycles. The zero-order valence-corrected chi connectivity index (χ0v) is 14.7. The highest BCUT2D eigenvalue weighted by Crippen LogP contribution is 2.23. The van der Waals surface area contributed by atoms with Gasteiger partial charge >= 0.3 is 0 Å². The number of allylic oxidation sites excluding steroid dienone is 2. The summed E-state index contributed by atoms with van der Waals surface area (Å²) in [4.78, 5) is 26.4. The standard InChI is InChI=1S/C20H16N2O3S/c1-2-10-22-19(24)17(18(23)21-20(22)26)13-15(12-16-9-6-11-25-16)14-7-4-3-5-8-14/h2-9,11-13H,1,10H2,(H,21,23,26)/b15-12+,17-13+. The molecule has 1 aromatic carbocycles. The van der Waals surface area contributed by atoms with Crippen molar-refractivity contribution < 1.29 is 14.0 Å². The van der Waals surface area contributed by atoms with Crippen LogP contribution in [0.25, 0.3) is 11.6 Å². The van der Waals surface area contributed by atoms with Gasteiger partial charge in [0.1, 0.15) is 11.3 Å². The Morgan fingerprint density at radius 1 is 1.19 bits per heavy atom. The highest BCUT2D eigenvalue weighted by Gasteiger charge is 2.32. The van der Waals surface area contributed by atoms with E-state index in [4.69, 9.17) is 16.6 Å². The van der Waals surface area contributed by atoms with Gasteiger partial charge in [0, 0.05) is 6.54 Å². The number of nitrogens with one attached hydrogen (secondary N) is 1. The van der Waals surface area contributed by atoms with Crippen molar-refractivity contribution in [3.05, 3.63) is 84.4 Å². The number of nitrogens with zero attached hydrogens (tertiary/aromatic N) is 1. The van der Waals surface area contributed by atoms with Crippen molar-refractivity contribution in [3.63, 3.8) is 0 Å². The summed E-state index contributed by atoms with van der Waals surface area (Å²) in [7, 11) is 0. The van der Waals surface area contributed by atoms with Crippen LogP contribution in [0.3, 0.4) is 0 Å². The Morgan fingerprint density at radius 2 is 1.96 bits per heavy atom. The molecule has 1 aliphatic rings. The number of carbonyl (C=O) groups excluding carboxylic acids is 2. The zero-order chi connectivity index (χ0) is 18.5. The largest absolute Gasteiger partial charge is 0.465 e. The minimum absolute atomic E-state index is 0.00195. The molecule has 1 saturated heterocycles. The summed E-state index contributed by atoms with van der Waals surface area (Å²) in [5, 5.41) is 2.62. The van der Waals surface area contributed by atoms with Crippen LogP contribution in [0.4, 0.5) is 0 Å². The number of rotatable bonds is 5. The Hall–Kier alpha value is -3.25. The van der Waals surface area contributed by atoms with Gasteiger partial charge in [-0.2, -0.15) is 0 Å². The Bertz CT molecular complexity index is 912. The van der Waals surface area contributed by atoms with Crippen molar-refractivity contribution in [1.29, 1.82) is 0 Å². The fourth-order valence-electron chi connectivity index (χ4n) is 2.51. The first-order valence-electron chi connectivity index (χ1n) is 7.90. The summed E-state index contributed by atoms with van der Waals surface area (Å²) in [5.41, 5.74) is 1.52. The minimum Gasteiger partial charge on any atom is -0.465 e. The summed E-state index contributed by atoms with van der Waals surface area (Å²) >= 11 is 5.07. The molecule has 1 fully saturated rings. The van der Waals surface area contributed by atoms with Gasteiger partial charge in [0.25, 0.3) is 11.8 Å². The molecule has 2 heterocycles. The number of furan rings is 1. The van der Waals surface area contributed by atoms with Gasteiger partial charge in [-0.3, -0.25) is 19.8 Å². The molecule has 1 aliphatic heterocycles. The average molecular weight is 364 g/mol. The van der Waals surface area contributed by atoms with Crippen LogP contribution in [0.15, 0.2) is 77.4 Å². The van der Waals surface area contributed by atoms with Gasteiger partial charge in [0.15, 0.2) is 5.11 Å². The van der Waals surface area contributed by atoms with E-state index >= 15 is 0 Å². The number of carbonyl (C=O) groups is 2. The lowest BCUT2D eigenvalue weighted by Crippen LogP contribution is -2.53. The summed E-state index contributed by atoms with van der Waals surface area (Å²) in [6.45, 7) is 3.84. The fourth-order valence-corrected chi connectivity index (χ4v) is 2.76. The van der Waals surface area contributed by atoms with Gasteiger partial charge in [0.2, 0.25) is 0 Å². The molecule has 1 N–H and O–H groups in total. The smallest absolute Gasteiger partial charge is 0.265 e. The van der Waals surface area contributed by atoms with Crippen molar-refractivity contribution in [2.24, 2.45) is 0 Å². The Balaban J connectivity index is 2.07. The Labute approximate surface area is 156 Å². The van der Waals surface area contributed by atoms with Gasteiger partial charge in [-0.05, 0) is 47.6 Å². The second kappa shape index (κ2) is 7.76. The predicted octanol–water partition coefficient (Wildman–Crippen LogP) is 3.18. The average Bonchev–Trinajstić information content (AvgIpc) is 3.15. The molecule has 0 spiro atoms. The van der Waals surface area contributed by atoms with Gasteiger partial charge in [-0.25, -0.2) is 0 Å². The highest BCUT2D eigenvalue weighted by molar-refractivity contribution is 7.80. The lowest BCUT2D eigenvalue weighted by Gasteiger charge is -2.28. The predicted molar refractivity (Wildman–Crippen MR) is 104 cm³/mol. The molecule has 2 amide bonds. The van der Waals surface area contributed by atoms with E-state index in [9.17, 15) is 9.59 Å². The molecule has 130 valence electrons. The quantitative estimate of drug-likeness (QED) is 0.383. The Morgan fingerprint density at radius 3 is 2.62 bits per heavy atom. The van der Waals surface area contributed by atoms with Crippen molar-refractivity contribution in [2.45, 2.75) is 0 Å². The number of benzene rings is 1. The number of hydrogen-bond donors (Lipinski definition) is 1. The van der Waals surface area contributed by atoms with Crippen molar-refractivity contribution in [1.82, 2.24) is 10.2 Å². The maximum absolute atomic E-state index is 12.7. The first kappa shape index (κ1) is 17.6. The third-order valence-electron chi connectivity index (χ3n) is 3.75. The fraction of sp³-hybridized carbons (Fsp3) is 0.0500. The molecule has 3 rings (SSSR count). The molecule has 5 nitrogen and oxygen atoms in total. The number of hydrogen-bond acceptors (Lipinski definition) is 4. The van der Waals surface area contributed by atoms with E-state index < -0.39 is 11.8 Å². The van der Waals surface area contributed by atoms with Crippen molar-refractivity contribution >= 4 is 40.8 Å². The van der Waals surface area contributed by atoms with E-state index in [0.717, 1.165) is 5.56 Å². The Kier molecular flexibility index (Phi) is 5.24. The SMILES string of the molecule is C=CCN1C(=O)/C(=C/C(=C\c2ccco2)c2ccccc2)C(=O)NC1=S. The third-order valence-corrected chi connectivity index (χ3v) is 4.07. The molecule has 0 radical (unpaired) electrons. The van der Waals surface area contributed by atoms with Crippen LogP contribution in [0.5, 0.6) is 0 Å². The summed E-state index contributed by atoms with van der Waals surface area (Å²) in [6.07, 6.45) is 6.43. The van der Waals surface area contributed by atoms with E-state index in [2.05, 4.69) is 11.9 Å². The van der Waals surface area contributed by atoms with Crippen LogP contribution in [0.1, 0.15) is 11.3 Å². The van der Waals surface area contributed by atoms with Crippen LogP contribution in [0.2, 0.25) is 0 Å². The summed E-state index contributed by atoms with van der Waals surface area (Å²) in [5.74, 6) is -0.371. The maximum Gasteiger partial charge on any atom is 0.265 e. The molecule has 0 saturated carbocycles. The minimum atomic E-state index is -0.526. The molecule has 0 bridgehead atoms. The second-order valence-electron chi connectivity index (χ2n) is 5.50. The first-order chi connectivity index (χ1) is 12.6. The van der Waals surface area contributed by atoms with E-state index in [1.54, 1.807) is 36.6 Å². The molecule has 6 heteroatoms. The van der Waals surface area contributed by atoms with Crippen molar-refractivity contribution in [2.75, 3.05) is 6.54 Å². The number of thiocarbonyl (C=S) groups is 1. The van der Waals surface area contributed by atoms with Crippen molar-refractivity contribution in [3.8, 4) is 0 Å². The molecule has 26 heavy (non-hydrogen) atoms. The molecule has 2 aromatic rings. The van der Waals surface area contributed by atoms with E-state index in [-0.39, 0.29) is 17.2 Å². The number of amides is 2. The molecular formula is C20H16N2O3S. The summed E-state index contributed by atoms with van der Waals surface area (Å²) < 4.78 is 5.37. The highest BCUT2D eigenvalue weighted by atomic mass is 32.1. The van der Waals surface area contributed by atoms with E-state index in [0.29, 0.717) is 11.3 Å². The molecule has 0 aliphatic carbocycles. The van der Waals surface area contributed by atoms with E-state index in [1.807, 2.05) is 30.3 Å². The van der Waals surface area contributed by atoms with Crippen LogP contribution in [-0.4, -0.2) is 28.4 Å². The van der Waals surface area contributed by atoms with Crippen LogP contribution in [0, 0.1) is 0 Å². The summed E-state index contributed by atoms with van der Waals surface area (Å²) in [6, 6.07) is 13.0. The van der Waals surface area contributed by atoms with Gasteiger partial charge in [0.05, 0.1) is 6.26 Å². The lowest BCUT2D eigenvalue weighted by molar-refractivity contribution is -0.128. The van der Waals surface area contributed by atoms with E-state index in [1.165, 1.54) is 4.90 Å². The maximum atomic E-state index is 12.7. The normalized spacial score (nSPS) is 16.8. The lowest BCUT2D eigenvalue weighted by atomic mass is 10.0. The van der Waals surface area contributed by atoms with Crippen LogP contribution in [-0.2, 0) is 9.59 Å². The topological polar surface area (TPSA) is 62.6 Å². The van der Waals surface area contributed by atoms with Crippen LogP contribution >= 0.6 is 12.2 Å². The first-order valence-corrected chi connectivity index (χ1v) is 8.31. The molecule has 0 unspecified atom stereocenters. The molecule has 0 atom stereocenters. The van der Waals surface area contributed by atoms with Crippen LogP contribution < -0.4 is 5.32 Å².